The highest BCUT2D eigenvalue weighted by molar-refractivity contribution is 6.02. The number of hydrogen-bond donors (Lipinski definition) is 1. The topological polar surface area (TPSA) is 71.4 Å². The predicted molar refractivity (Wildman–Crippen MR) is 111 cm³/mol. The van der Waals surface area contributed by atoms with Crippen molar-refractivity contribution in [2.45, 2.75) is 78.2 Å². The number of carbonyl (C=O) groups is 3. The van der Waals surface area contributed by atoms with E-state index >= 15 is 0 Å². The van der Waals surface area contributed by atoms with E-state index in [1.54, 1.807) is 4.90 Å². The Labute approximate surface area is 173 Å². The molecule has 0 unspecified atom stereocenters. The van der Waals surface area contributed by atoms with Crippen LogP contribution in [0.5, 0.6) is 0 Å². The Kier molecular flexibility index (Phi) is 5.30. The third kappa shape index (κ3) is 3.86. The van der Waals surface area contributed by atoms with Crippen LogP contribution in [0.1, 0.15) is 85.7 Å². The van der Waals surface area contributed by atoms with Crippen LogP contribution < -0.4 is 5.32 Å². The molecule has 2 fully saturated rings. The number of hydrogen-bond acceptors (Lipinski definition) is 3. The number of ketones is 1. The maximum Gasteiger partial charge on any atom is 0.239 e. The van der Waals surface area contributed by atoms with Gasteiger partial charge in [0.1, 0.15) is 0 Å². The van der Waals surface area contributed by atoms with E-state index in [0.717, 1.165) is 41.8 Å². The number of Topliss-reactive ketones (excluding diaryl/α,β-unsaturated/α-hetero) is 1. The van der Waals surface area contributed by atoms with Gasteiger partial charge in [-0.05, 0) is 37.2 Å². The third-order valence-corrected chi connectivity index (χ3v) is 6.90. The van der Waals surface area contributed by atoms with Crippen LogP contribution in [0.15, 0.2) is 0 Å². The van der Waals surface area contributed by atoms with Crippen LogP contribution in [0.25, 0.3) is 0 Å². The molecule has 4 rings (SSSR count). The highest BCUT2D eigenvalue weighted by atomic mass is 16.2. The second-order valence-electron chi connectivity index (χ2n) is 9.83. The summed E-state index contributed by atoms with van der Waals surface area (Å²) in [6.07, 6.45) is 7.66. The van der Waals surface area contributed by atoms with Gasteiger partial charge in [0.25, 0.3) is 0 Å². The van der Waals surface area contributed by atoms with Crippen molar-refractivity contribution in [1.29, 1.82) is 0 Å². The summed E-state index contributed by atoms with van der Waals surface area (Å²) in [5, 5.41) is 2.76. The monoisotopic (exact) mass is 399 g/mol. The van der Waals surface area contributed by atoms with Crippen LogP contribution in [-0.2, 0) is 22.4 Å². The van der Waals surface area contributed by atoms with E-state index < -0.39 is 0 Å². The lowest BCUT2D eigenvalue weighted by atomic mass is 9.75. The molecule has 6 nitrogen and oxygen atoms in total. The van der Waals surface area contributed by atoms with Gasteiger partial charge in [-0.2, -0.15) is 0 Å². The summed E-state index contributed by atoms with van der Waals surface area (Å²) in [4.78, 5) is 39.5. The standard InChI is InChI=1S/C23H33N3O3/c1-15-17(11-21(29)25-10-9-24-20(28)14-25)22-18(12-23(2,3)13-19(22)27)26(15)16-7-5-4-6-8-16/h16H,4-14H2,1-3H3,(H,24,28). The van der Waals surface area contributed by atoms with Crippen LogP contribution in [0.2, 0.25) is 0 Å². The number of nitrogens with zero attached hydrogens (tertiary/aromatic N) is 2. The van der Waals surface area contributed by atoms with E-state index in [9.17, 15) is 14.4 Å². The minimum atomic E-state index is -0.110. The number of amides is 2. The first kappa shape index (κ1) is 20.2. The molecule has 0 spiro atoms. The van der Waals surface area contributed by atoms with Crippen molar-refractivity contribution in [3.63, 3.8) is 0 Å². The van der Waals surface area contributed by atoms with Gasteiger partial charge in [0.2, 0.25) is 11.8 Å². The maximum atomic E-state index is 13.2. The molecule has 1 N–H and O–H groups in total. The fourth-order valence-electron chi connectivity index (χ4n) is 5.53. The molecule has 1 aromatic heterocycles. The van der Waals surface area contributed by atoms with Gasteiger partial charge in [0, 0.05) is 42.5 Å². The summed E-state index contributed by atoms with van der Waals surface area (Å²) in [5.41, 5.74) is 3.90. The molecule has 1 aliphatic heterocycles. The average molecular weight is 400 g/mol. The molecule has 158 valence electrons. The first-order chi connectivity index (χ1) is 13.8. The molecule has 0 atom stereocenters. The Balaban J connectivity index is 1.72. The molecule has 1 saturated carbocycles. The van der Waals surface area contributed by atoms with Crippen molar-refractivity contribution in [2.24, 2.45) is 5.41 Å². The van der Waals surface area contributed by atoms with Gasteiger partial charge < -0.3 is 14.8 Å². The highest BCUT2D eigenvalue weighted by Gasteiger charge is 2.39. The van der Waals surface area contributed by atoms with E-state index in [1.807, 2.05) is 0 Å². The molecule has 2 heterocycles. The number of aromatic nitrogens is 1. The summed E-state index contributed by atoms with van der Waals surface area (Å²) >= 11 is 0. The first-order valence-corrected chi connectivity index (χ1v) is 11.1. The van der Waals surface area contributed by atoms with Gasteiger partial charge in [-0.1, -0.05) is 33.1 Å². The molecule has 6 heteroatoms. The van der Waals surface area contributed by atoms with Crippen LogP contribution in [0, 0.1) is 12.3 Å². The van der Waals surface area contributed by atoms with Crippen molar-refractivity contribution in [2.75, 3.05) is 19.6 Å². The second kappa shape index (κ2) is 7.62. The van der Waals surface area contributed by atoms with Gasteiger partial charge >= 0.3 is 0 Å². The predicted octanol–water partition coefficient (Wildman–Crippen LogP) is 2.96. The minimum Gasteiger partial charge on any atom is -0.353 e. The van der Waals surface area contributed by atoms with E-state index in [-0.39, 0.29) is 36.0 Å². The Hall–Kier alpha value is -2.11. The zero-order valence-corrected chi connectivity index (χ0v) is 18.0. The molecule has 2 amide bonds. The Morgan fingerprint density at radius 1 is 1.14 bits per heavy atom. The molecule has 0 bridgehead atoms. The number of piperazine rings is 1. The molecule has 29 heavy (non-hydrogen) atoms. The molecule has 2 aliphatic carbocycles. The minimum absolute atomic E-state index is 0.0481. The summed E-state index contributed by atoms with van der Waals surface area (Å²) in [7, 11) is 0. The third-order valence-electron chi connectivity index (χ3n) is 6.90. The highest BCUT2D eigenvalue weighted by Crippen LogP contribution is 2.42. The second-order valence-corrected chi connectivity index (χ2v) is 9.83. The van der Waals surface area contributed by atoms with Crippen molar-refractivity contribution < 1.29 is 14.4 Å². The van der Waals surface area contributed by atoms with Crippen LogP contribution >= 0.6 is 0 Å². The molecule has 1 saturated heterocycles. The Morgan fingerprint density at radius 3 is 2.55 bits per heavy atom. The van der Waals surface area contributed by atoms with Gasteiger partial charge in [-0.3, -0.25) is 14.4 Å². The SMILES string of the molecule is Cc1c(CC(=O)N2CCNC(=O)C2)c2c(n1C1CCCCC1)CC(C)(C)CC2=O. The van der Waals surface area contributed by atoms with E-state index in [1.165, 1.54) is 19.3 Å². The fraction of sp³-hybridized carbons (Fsp3) is 0.696. The zero-order chi connectivity index (χ0) is 20.8. The number of nitrogens with one attached hydrogen (secondary N) is 1. The first-order valence-electron chi connectivity index (χ1n) is 11.1. The van der Waals surface area contributed by atoms with Crippen LogP contribution in [-0.4, -0.2) is 46.7 Å². The number of carbonyl (C=O) groups excluding carboxylic acids is 3. The lowest BCUT2D eigenvalue weighted by Gasteiger charge is -2.33. The molecule has 1 aromatic rings. The average Bonchev–Trinajstić information content (AvgIpc) is 2.93. The van der Waals surface area contributed by atoms with Crippen molar-refractivity contribution >= 4 is 17.6 Å². The van der Waals surface area contributed by atoms with Gasteiger partial charge in [0.05, 0.1) is 13.0 Å². The zero-order valence-electron chi connectivity index (χ0n) is 18.0. The van der Waals surface area contributed by atoms with Crippen LogP contribution in [0.4, 0.5) is 0 Å². The fourth-order valence-corrected chi connectivity index (χ4v) is 5.53. The van der Waals surface area contributed by atoms with Crippen molar-refractivity contribution in [1.82, 2.24) is 14.8 Å². The lowest BCUT2D eigenvalue weighted by Crippen LogP contribution is -2.50. The van der Waals surface area contributed by atoms with Crippen molar-refractivity contribution in [3.05, 3.63) is 22.5 Å². The van der Waals surface area contributed by atoms with E-state index in [0.29, 0.717) is 25.6 Å². The largest absolute Gasteiger partial charge is 0.353 e. The smallest absolute Gasteiger partial charge is 0.239 e. The van der Waals surface area contributed by atoms with Crippen molar-refractivity contribution in [3.8, 4) is 0 Å². The molecular weight excluding hydrogens is 366 g/mol. The summed E-state index contributed by atoms with van der Waals surface area (Å²) in [5.74, 6) is 0.0122. The van der Waals surface area contributed by atoms with E-state index in [2.05, 4.69) is 30.7 Å². The number of rotatable bonds is 3. The summed E-state index contributed by atoms with van der Waals surface area (Å²) in [6.45, 7) is 7.56. The van der Waals surface area contributed by atoms with E-state index in [4.69, 9.17) is 0 Å². The molecular formula is C23H33N3O3. The van der Waals surface area contributed by atoms with Gasteiger partial charge in [0.15, 0.2) is 5.78 Å². The van der Waals surface area contributed by atoms with Crippen LogP contribution in [0.3, 0.4) is 0 Å². The summed E-state index contributed by atoms with van der Waals surface area (Å²) in [6, 6.07) is 0.434. The Morgan fingerprint density at radius 2 is 1.86 bits per heavy atom. The number of fused-ring (bicyclic) bond motifs is 1. The normalized spacial score (nSPS) is 22.4. The molecule has 0 radical (unpaired) electrons. The quantitative estimate of drug-likeness (QED) is 0.849. The molecule has 0 aromatic carbocycles. The molecule has 3 aliphatic rings. The maximum absolute atomic E-state index is 13.2. The van der Waals surface area contributed by atoms with Gasteiger partial charge in [-0.25, -0.2) is 0 Å². The lowest BCUT2D eigenvalue weighted by molar-refractivity contribution is -0.137. The Bertz CT molecular complexity index is 846. The van der Waals surface area contributed by atoms with Gasteiger partial charge in [-0.15, -0.1) is 0 Å². The summed E-state index contributed by atoms with van der Waals surface area (Å²) < 4.78 is 2.42.